The molecule has 4 nitrogen and oxygen atoms in total. The van der Waals surface area contributed by atoms with Crippen LogP contribution in [0.15, 0.2) is 35.2 Å². The van der Waals surface area contributed by atoms with Gasteiger partial charge in [-0.15, -0.1) is 11.3 Å². The minimum absolute atomic E-state index is 0.0635. The van der Waals surface area contributed by atoms with E-state index in [1.807, 2.05) is 6.92 Å². The largest absolute Gasteiger partial charge is 0.345 e. The highest BCUT2D eigenvalue weighted by Crippen LogP contribution is 2.40. The Morgan fingerprint density at radius 1 is 1.21 bits per heavy atom. The molecule has 3 rings (SSSR count). The van der Waals surface area contributed by atoms with Crippen LogP contribution < -0.4 is 5.32 Å². The number of aryl methyl sites for hydroxylation is 1. The van der Waals surface area contributed by atoms with Crippen LogP contribution in [0.5, 0.6) is 0 Å². The van der Waals surface area contributed by atoms with Crippen molar-refractivity contribution < 1.29 is 13.2 Å². The fourth-order valence-corrected chi connectivity index (χ4v) is 5.47. The molecular formula is C22H29NO3S2. The lowest BCUT2D eigenvalue weighted by atomic mass is 9.72. The zero-order chi connectivity index (χ0) is 20.7. The standard InChI is InChI=1S/C22H29NO3S2/c1-14(15-6-9-18(10-7-15)28(5,25)26)23-21(24)20-13-16-12-17(22(2,3)4)8-11-19(16)27-20/h6-7,9-10,13-14,17H,8,11-12H2,1-5H3,(H,23,24). The van der Waals surface area contributed by atoms with Crippen molar-refractivity contribution in [3.63, 3.8) is 0 Å². The maximum absolute atomic E-state index is 12.8. The van der Waals surface area contributed by atoms with E-state index in [1.165, 1.54) is 23.1 Å². The van der Waals surface area contributed by atoms with E-state index in [9.17, 15) is 13.2 Å². The van der Waals surface area contributed by atoms with E-state index >= 15 is 0 Å². The molecule has 1 aliphatic carbocycles. The maximum atomic E-state index is 12.8. The minimum Gasteiger partial charge on any atom is -0.345 e. The first-order valence-corrected chi connectivity index (χ1v) is 12.4. The molecule has 1 aliphatic rings. The highest BCUT2D eigenvalue weighted by atomic mass is 32.2. The summed E-state index contributed by atoms with van der Waals surface area (Å²) >= 11 is 1.61. The minimum atomic E-state index is -3.21. The van der Waals surface area contributed by atoms with Gasteiger partial charge in [0.05, 0.1) is 15.8 Å². The predicted molar refractivity (Wildman–Crippen MR) is 115 cm³/mol. The zero-order valence-electron chi connectivity index (χ0n) is 17.2. The molecule has 0 saturated carbocycles. The van der Waals surface area contributed by atoms with Gasteiger partial charge in [0.2, 0.25) is 0 Å². The summed E-state index contributed by atoms with van der Waals surface area (Å²) in [5, 5.41) is 3.04. The van der Waals surface area contributed by atoms with Gasteiger partial charge in [-0.3, -0.25) is 4.79 Å². The Kier molecular flexibility index (Phi) is 5.74. The summed E-state index contributed by atoms with van der Waals surface area (Å²) in [5.41, 5.74) is 2.50. The number of carbonyl (C=O) groups excluding carboxylic acids is 1. The molecule has 28 heavy (non-hydrogen) atoms. The van der Waals surface area contributed by atoms with Crippen molar-refractivity contribution >= 4 is 27.1 Å². The molecule has 1 N–H and O–H groups in total. The van der Waals surface area contributed by atoms with Gasteiger partial charge in [0, 0.05) is 11.1 Å². The molecule has 0 aliphatic heterocycles. The first-order valence-electron chi connectivity index (χ1n) is 9.67. The van der Waals surface area contributed by atoms with Crippen LogP contribution in [0.4, 0.5) is 0 Å². The van der Waals surface area contributed by atoms with E-state index in [0.29, 0.717) is 5.92 Å². The maximum Gasteiger partial charge on any atom is 0.261 e. The van der Waals surface area contributed by atoms with Gasteiger partial charge in [0.15, 0.2) is 9.84 Å². The lowest BCUT2D eigenvalue weighted by Crippen LogP contribution is -2.26. The topological polar surface area (TPSA) is 63.2 Å². The van der Waals surface area contributed by atoms with E-state index in [4.69, 9.17) is 0 Å². The Bertz CT molecular complexity index is 966. The molecule has 0 saturated heterocycles. The number of hydrogen-bond acceptors (Lipinski definition) is 4. The zero-order valence-corrected chi connectivity index (χ0v) is 18.8. The third kappa shape index (κ3) is 4.66. The highest BCUT2D eigenvalue weighted by Gasteiger charge is 2.30. The van der Waals surface area contributed by atoms with Gasteiger partial charge in [-0.05, 0) is 66.8 Å². The Hall–Kier alpha value is -1.66. The lowest BCUT2D eigenvalue weighted by Gasteiger charge is -2.33. The molecule has 0 spiro atoms. The van der Waals surface area contributed by atoms with Crippen molar-refractivity contribution in [3.8, 4) is 0 Å². The van der Waals surface area contributed by atoms with Gasteiger partial charge in [0.25, 0.3) is 5.91 Å². The number of thiophene rings is 1. The van der Waals surface area contributed by atoms with Crippen LogP contribution in [0.2, 0.25) is 0 Å². The average Bonchev–Trinajstić information content (AvgIpc) is 3.03. The Morgan fingerprint density at radius 2 is 1.86 bits per heavy atom. The third-order valence-electron chi connectivity index (χ3n) is 5.69. The van der Waals surface area contributed by atoms with E-state index in [1.54, 1.807) is 35.6 Å². The number of hydrogen-bond donors (Lipinski definition) is 1. The molecular weight excluding hydrogens is 390 g/mol. The number of nitrogens with one attached hydrogen (secondary N) is 1. The number of benzene rings is 1. The third-order valence-corrected chi connectivity index (χ3v) is 8.05. The second-order valence-electron chi connectivity index (χ2n) is 8.90. The number of amides is 1. The van der Waals surface area contributed by atoms with Crippen LogP contribution in [0.3, 0.4) is 0 Å². The molecule has 2 aromatic rings. The molecule has 0 bridgehead atoms. The van der Waals surface area contributed by atoms with Crippen molar-refractivity contribution in [2.24, 2.45) is 11.3 Å². The summed E-state index contributed by atoms with van der Waals surface area (Å²) < 4.78 is 23.2. The van der Waals surface area contributed by atoms with Crippen LogP contribution in [-0.4, -0.2) is 20.6 Å². The van der Waals surface area contributed by atoms with Gasteiger partial charge in [-0.2, -0.15) is 0 Å². The quantitative estimate of drug-likeness (QED) is 0.775. The van der Waals surface area contributed by atoms with Gasteiger partial charge < -0.3 is 5.32 Å². The number of fused-ring (bicyclic) bond motifs is 1. The van der Waals surface area contributed by atoms with Crippen molar-refractivity contribution in [1.29, 1.82) is 0 Å². The summed E-state index contributed by atoms with van der Waals surface area (Å²) in [6.07, 6.45) is 4.47. The molecule has 1 heterocycles. The van der Waals surface area contributed by atoms with Crippen LogP contribution in [0.1, 0.15) is 65.8 Å². The van der Waals surface area contributed by atoms with Gasteiger partial charge in [-0.1, -0.05) is 32.9 Å². The number of rotatable bonds is 4. The molecule has 152 valence electrons. The molecule has 1 aromatic carbocycles. The molecule has 0 radical (unpaired) electrons. The molecule has 1 aromatic heterocycles. The van der Waals surface area contributed by atoms with Gasteiger partial charge in [-0.25, -0.2) is 8.42 Å². The smallest absolute Gasteiger partial charge is 0.261 e. The van der Waals surface area contributed by atoms with E-state index in [-0.39, 0.29) is 22.3 Å². The molecule has 0 fully saturated rings. The fraction of sp³-hybridized carbons (Fsp3) is 0.500. The Balaban J connectivity index is 1.69. The number of carbonyl (C=O) groups is 1. The summed E-state index contributed by atoms with van der Waals surface area (Å²) in [6.45, 7) is 8.79. The van der Waals surface area contributed by atoms with Crippen LogP contribution in [-0.2, 0) is 22.7 Å². The van der Waals surface area contributed by atoms with Gasteiger partial charge in [0.1, 0.15) is 0 Å². The van der Waals surface area contributed by atoms with Crippen LogP contribution in [0.25, 0.3) is 0 Å². The first-order chi connectivity index (χ1) is 12.9. The van der Waals surface area contributed by atoms with Crippen molar-refractivity contribution in [3.05, 3.63) is 51.2 Å². The van der Waals surface area contributed by atoms with Crippen LogP contribution in [0, 0.1) is 11.3 Å². The molecule has 1 amide bonds. The second-order valence-corrected chi connectivity index (χ2v) is 12.1. The molecule has 6 heteroatoms. The predicted octanol–water partition coefficient (Wildman–Crippen LogP) is 4.79. The van der Waals surface area contributed by atoms with Crippen molar-refractivity contribution in [1.82, 2.24) is 5.32 Å². The van der Waals surface area contributed by atoms with Crippen molar-refractivity contribution in [2.75, 3.05) is 6.26 Å². The van der Waals surface area contributed by atoms with Gasteiger partial charge >= 0.3 is 0 Å². The molecule has 2 atom stereocenters. The monoisotopic (exact) mass is 419 g/mol. The van der Waals surface area contributed by atoms with Crippen LogP contribution >= 0.6 is 11.3 Å². The van der Waals surface area contributed by atoms with Crippen molar-refractivity contribution in [2.45, 2.75) is 57.9 Å². The fourth-order valence-electron chi connectivity index (χ4n) is 3.73. The van der Waals surface area contributed by atoms with E-state index in [2.05, 4.69) is 32.2 Å². The summed E-state index contributed by atoms with van der Waals surface area (Å²) in [6, 6.07) is 8.56. The molecule has 2 unspecified atom stereocenters. The highest BCUT2D eigenvalue weighted by molar-refractivity contribution is 7.90. The summed E-state index contributed by atoms with van der Waals surface area (Å²) in [4.78, 5) is 15.1. The van der Waals surface area contributed by atoms with E-state index < -0.39 is 9.84 Å². The second kappa shape index (κ2) is 7.64. The Labute approximate surface area is 172 Å². The summed E-state index contributed by atoms with van der Waals surface area (Å²) in [7, 11) is -3.21. The lowest BCUT2D eigenvalue weighted by molar-refractivity contribution is 0.0944. The average molecular weight is 420 g/mol. The number of sulfone groups is 1. The van der Waals surface area contributed by atoms with E-state index in [0.717, 1.165) is 23.3 Å². The SMILES string of the molecule is CC(NC(=O)c1cc2c(s1)CCC(C(C)(C)C)C2)c1ccc(S(C)(=O)=O)cc1. The summed E-state index contributed by atoms with van der Waals surface area (Å²) in [5.74, 6) is 0.587. The Morgan fingerprint density at radius 3 is 2.43 bits per heavy atom. The first kappa shape index (κ1) is 21.1. The normalized spacial score (nSPS) is 18.4.